The Morgan fingerprint density at radius 2 is 1.50 bits per heavy atom. The van der Waals surface area contributed by atoms with Crippen molar-refractivity contribution in [1.82, 2.24) is 10.2 Å². The van der Waals surface area contributed by atoms with Gasteiger partial charge in [0.05, 0.1) is 28.4 Å². The van der Waals surface area contributed by atoms with E-state index >= 15 is 0 Å². The molecule has 1 aliphatic heterocycles. The minimum Gasteiger partial charge on any atom is -0.493 e. The van der Waals surface area contributed by atoms with E-state index in [1.807, 2.05) is 18.2 Å². The molecule has 1 N–H and O–H groups in total. The Labute approximate surface area is 187 Å². The minimum absolute atomic E-state index is 0.00849. The van der Waals surface area contributed by atoms with Gasteiger partial charge in [-0.25, -0.2) is 4.79 Å². The molecule has 0 bridgehead atoms. The Hall–Kier alpha value is -3.62. The van der Waals surface area contributed by atoms with Crippen LogP contribution in [-0.2, 0) is 11.2 Å². The van der Waals surface area contributed by atoms with Crippen molar-refractivity contribution < 1.29 is 28.5 Å². The molecule has 1 heterocycles. The molecule has 1 aliphatic rings. The van der Waals surface area contributed by atoms with Crippen LogP contribution < -0.4 is 29.2 Å². The number of carbonyl (C=O) groups excluding carboxylic acids is 2. The SMILES string of the molecule is COc1ccc(CCNC(=O)CN2CCN(c3ccc(OC)c(OC)c3)C2=O)cc1OC. The van der Waals surface area contributed by atoms with Crippen molar-refractivity contribution in [1.29, 1.82) is 0 Å². The van der Waals surface area contributed by atoms with Gasteiger partial charge in [0.1, 0.15) is 6.54 Å². The van der Waals surface area contributed by atoms with E-state index in [0.717, 1.165) is 5.56 Å². The summed E-state index contributed by atoms with van der Waals surface area (Å²) in [6, 6.07) is 10.7. The van der Waals surface area contributed by atoms with Crippen LogP contribution in [0, 0.1) is 0 Å². The first-order valence-corrected chi connectivity index (χ1v) is 10.3. The number of methoxy groups -OCH3 is 4. The van der Waals surface area contributed by atoms with Crippen LogP contribution in [-0.4, -0.2) is 71.5 Å². The molecule has 3 rings (SSSR count). The van der Waals surface area contributed by atoms with Crippen LogP contribution in [0.2, 0.25) is 0 Å². The predicted octanol–water partition coefficient (Wildman–Crippen LogP) is 2.32. The summed E-state index contributed by atoms with van der Waals surface area (Å²) in [4.78, 5) is 28.3. The van der Waals surface area contributed by atoms with Crippen LogP contribution in [0.3, 0.4) is 0 Å². The van der Waals surface area contributed by atoms with E-state index in [4.69, 9.17) is 18.9 Å². The molecule has 0 saturated carbocycles. The van der Waals surface area contributed by atoms with E-state index in [9.17, 15) is 9.59 Å². The molecule has 2 aromatic rings. The fourth-order valence-corrected chi connectivity index (χ4v) is 3.57. The molecule has 9 heteroatoms. The smallest absolute Gasteiger partial charge is 0.325 e. The number of hydrogen-bond donors (Lipinski definition) is 1. The van der Waals surface area contributed by atoms with Gasteiger partial charge in [0, 0.05) is 31.4 Å². The average Bonchev–Trinajstić information content (AvgIpc) is 3.18. The van der Waals surface area contributed by atoms with Gasteiger partial charge >= 0.3 is 6.03 Å². The van der Waals surface area contributed by atoms with Gasteiger partial charge in [-0.05, 0) is 36.2 Å². The van der Waals surface area contributed by atoms with E-state index in [0.29, 0.717) is 54.7 Å². The zero-order valence-corrected chi connectivity index (χ0v) is 18.8. The summed E-state index contributed by atoms with van der Waals surface area (Å²) in [5.74, 6) is 2.24. The summed E-state index contributed by atoms with van der Waals surface area (Å²) in [6.07, 6.45) is 0.637. The van der Waals surface area contributed by atoms with E-state index in [2.05, 4.69) is 5.32 Å². The van der Waals surface area contributed by atoms with Crippen molar-refractivity contribution in [3.8, 4) is 23.0 Å². The highest BCUT2D eigenvalue weighted by Gasteiger charge is 2.31. The molecule has 1 fully saturated rings. The van der Waals surface area contributed by atoms with E-state index < -0.39 is 0 Å². The topological polar surface area (TPSA) is 89.6 Å². The molecule has 172 valence electrons. The molecular weight excluding hydrogens is 414 g/mol. The molecule has 0 spiro atoms. The summed E-state index contributed by atoms with van der Waals surface area (Å²) >= 11 is 0. The summed E-state index contributed by atoms with van der Waals surface area (Å²) in [5, 5.41) is 2.87. The van der Waals surface area contributed by atoms with Crippen molar-refractivity contribution >= 4 is 17.6 Å². The second-order valence-electron chi connectivity index (χ2n) is 7.18. The van der Waals surface area contributed by atoms with Gasteiger partial charge < -0.3 is 29.2 Å². The van der Waals surface area contributed by atoms with Crippen LogP contribution >= 0.6 is 0 Å². The number of urea groups is 1. The first kappa shape index (κ1) is 23.1. The molecule has 0 aliphatic carbocycles. The summed E-state index contributed by atoms with van der Waals surface area (Å²) in [5.41, 5.74) is 1.71. The minimum atomic E-state index is -0.215. The summed E-state index contributed by atoms with van der Waals surface area (Å²) < 4.78 is 21.1. The van der Waals surface area contributed by atoms with E-state index in [-0.39, 0.29) is 18.5 Å². The molecule has 1 saturated heterocycles. The fourth-order valence-electron chi connectivity index (χ4n) is 3.57. The van der Waals surface area contributed by atoms with Crippen molar-refractivity contribution in [2.75, 3.05) is 59.5 Å². The lowest BCUT2D eigenvalue weighted by molar-refractivity contribution is -0.121. The highest BCUT2D eigenvalue weighted by molar-refractivity contribution is 5.96. The average molecular weight is 444 g/mol. The maximum Gasteiger partial charge on any atom is 0.325 e. The second-order valence-corrected chi connectivity index (χ2v) is 7.18. The molecular formula is C23H29N3O6. The van der Waals surface area contributed by atoms with Gasteiger partial charge in [-0.2, -0.15) is 0 Å². The lowest BCUT2D eigenvalue weighted by Crippen LogP contribution is -2.40. The zero-order valence-electron chi connectivity index (χ0n) is 18.8. The molecule has 0 radical (unpaired) electrons. The number of rotatable bonds is 10. The largest absolute Gasteiger partial charge is 0.493 e. The summed E-state index contributed by atoms with van der Waals surface area (Å²) in [6.45, 7) is 1.42. The van der Waals surface area contributed by atoms with Crippen molar-refractivity contribution in [3.05, 3.63) is 42.0 Å². The normalized spacial score (nSPS) is 13.2. The number of benzene rings is 2. The molecule has 32 heavy (non-hydrogen) atoms. The zero-order chi connectivity index (χ0) is 23.1. The Morgan fingerprint density at radius 3 is 2.16 bits per heavy atom. The van der Waals surface area contributed by atoms with E-state index in [1.165, 1.54) is 4.90 Å². The Bertz CT molecular complexity index is 965. The van der Waals surface area contributed by atoms with Crippen molar-refractivity contribution in [3.63, 3.8) is 0 Å². The second kappa shape index (κ2) is 10.6. The van der Waals surface area contributed by atoms with Crippen LogP contribution in [0.15, 0.2) is 36.4 Å². The number of amides is 3. The molecule has 9 nitrogen and oxygen atoms in total. The first-order valence-electron chi connectivity index (χ1n) is 10.3. The van der Waals surface area contributed by atoms with E-state index in [1.54, 1.807) is 51.5 Å². The molecule has 0 aromatic heterocycles. The molecule has 2 aromatic carbocycles. The quantitative estimate of drug-likeness (QED) is 0.606. The van der Waals surface area contributed by atoms with Gasteiger partial charge in [-0.3, -0.25) is 9.69 Å². The third-order valence-electron chi connectivity index (χ3n) is 5.29. The fraction of sp³-hybridized carbons (Fsp3) is 0.391. The monoisotopic (exact) mass is 443 g/mol. The van der Waals surface area contributed by atoms with Gasteiger partial charge in [-0.1, -0.05) is 6.07 Å². The predicted molar refractivity (Wildman–Crippen MR) is 120 cm³/mol. The number of nitrogens with one attached hydrogen (secondary N) is 1. The lowest BCUT2D eigenvalue weighted by atomic mass is 10.1. The van der Waals surface area contributed by atoms with Crippen molar-refractivity contribution in [2.45, 2.75) is 6.42 Å². The van der Waals surface area contributed by atoms with Gasteiger partial charge in [0.15, 0.2) is 23.0 Å². The third kappa shape index (κ3) is 5.16. The van der Waals surface area contributed by atoms with Crippen LogP contribution in [0.4, 0.5) is 10.5 Å². The van der Waals surface area contributed by atoms with Crippen molar-refractivity contribution in [2.24, 2.45) is 0 Å². The van der Waals surface area contributed by atoms with Gasteiger partial charge in [0.25, 0.3) is 0 Å². The highest BCUT2D eigenvalue weighted by atomic mass is 16.5. The highest BCUT2D eigenvalue weighted by Crippen LogP contribution is 2.32. The van der Waals surface area contributed by atoms with Crippen LogP contribution in [0.25, 0.3) is 0 Å². The molecule has 0 atom stereocenters. The number of carbonyl (C=O) groups is 2. The maximum atomic E-state index is 12.8. The maximum absolute atomic E-state index is 12.8. The molecule has 3 amide bonds. The van der Waals surface area contributed by atoms with Gasteiger partial charge in [0.2, 0.25) is 5.91 Å². The van der Waals surface area contributed by atoms with Gasteiger partial charge in [-0.15, -0.1) is 0 Å². The number of anilines is 1. The summed E-state index contributed by atoms with van der Waals surface area (Å²) in [7, 11) is 6.28. The lowest BCUT2D eigenvalue weighted by Gasteiger charge is -2.19. The third-order valence-corrected chi connectivity index (χ3v) is 5.29. The Balaban J connectivity index is 1.51. The Morgan fingerprint density at radius 1 is 0.875 bits per heavy atom. The molecule has 0 unspecified atom stereocenters. The number of ether oxygens (including phenoxy) is 4. The number of hydrogen-bond acceptors (Lipinski definition) is 6. The van der Waals surface area contributed by atoms with Crippen LogP contribution in [0.5, 0.6) is 23.0 Å². The Kier molecular flexibility index (Phi) is 7.64. The standard InChI is InChI=1S/C23H29N3O6/c1-29-18-7-5-16(13-20(18)31-3)9-10-24-22(27)15-25-11-12-26(23(25)28)17-6-8-19(30-2)21(14-17)32-4/h5-8,13-14H,9-12,15H2,1-4H3,(H,24,27). The number of nitrogens with zero attached hydrogens (tertiary/aromatic N) is 2. The van der Waals surface area contributed by atoms with Crippen LogP contribution in [0.1, 0.15) is 5.56 Å². The first-order chi connectivity index (χ1) is 15.5.